The third-order valence-electron chi connectivity index (χ3n) is 14.3. The molecule has 4 aromatic carbocycles. The number of benzene rings is 4. The van der Waals surface area contributed by atoms with E-state index < -0.39 is 0 Å². The monoisotopic (exact) mass is 780 g/mol. The Morgan fingerprint density at radius 3 is 2.22 bits per heavy atom. The molecule has 0 aliphatic heterocycles. The number of hydrogen-bond donors (Lipinski definition) is 0. The van der Waals surface area contributed by atoms with Crippen LogP contribution in [0.5, 0.6) is 0 Å². The van der Waals surface area contributed by atoms with Crippen molar-refractivity contribution in [3.8, 4) is 0 Å². The molecule has 0 spiro atoms. The van der Waals surface area contributed by atoms with Gasteiger partial charge in [-0.3, -0.25) is 0 Å². The van der Waals surface area contributed by atoms with Crippen LogP contribution in [0.25, 0.3) is 22.4 Å². The van der Waals surface area contributed by atoms with Gasteiger partial charge >= 0.3 is 0 Å². The first-order chi connectivity index (χ1) is 29.8. The number of fused-ring (bicyclic) bond motifs is 4. The molecule has 0 bridgehead atoms. The van der Waals surface area contributed by atoms with Crippen molar-refractivity contribution in [1.29, 1.82) is 0 Å². The summed E-state index contributed by atoms with van der Waals surface area (Å²) in [6, 6.07) is 28.3. The van der Waals surface area contributed by atoms with Crippen LogP contribution < -0.4 is 9.80 Å². The molecule has 0 heterocycles. The van der Waals surface area contributed by atoms with E-state index in [1.807, 2.05) is 0 Å². The molecule has 0 saturated heterocycles. The van der Waals surface area contributed by atoms with Gasteiger partial charge in [-0.25, -0.2) is 0 Å². The fourth-order valence-electron chi connectivity index (χ4n) is 11.5. The first kappa shape index (κ1) is 37.2. The average molecular weight is 781 g/mol. The van der Waals surface area contributed by atoms with Crippen LogP contribution in [-0.2, 0) is 19.3 Å². The van der Waals surface area contributed by atoms with E-state index in [9.17, 15) is 0 Å². The van der Waals surface area contributed by atoms with Crippen LogP contribution in [0.3, 0.4) is 0 Å². The van der Waals surface area contributed by atoms with Gasteiger partial charge in [-0.1, -0.05) is 128 Å². The Kier molecular flexibility index (Phi) is 10.1. The minimum atomic E-state index is 0.283. The van der Waals surface area contributed by atoms with Crippen LogP contribution in [0.4, 0.5) is 11.4 Å². The van der Waals surface area contributed by atoms with Gasteiger partial charge in [0.1, 0.15) is 0 Å². The zero-order valence-corrected chi connectivity index (χ0v) is 34.9. The zero-order chi connectivity index (χ0) is 39.8. The van der Waals surface area contributed by atoms with E-state index in [1.165, 1.54) is 79.9 Å². The van der Waals surface area contributed by atoms with E-state index >= 15 is 0 Å². The third-order valence-corrected chi connectivity index (χ3v) is 14.3. The Labute approximate surface area is 357 Å². The molecular weight excluding hydrogens is 725 g/mol. The number of para-hydroxylation sites is 1. The van der Waals surface area contributed by atoms with Gasteiger partial charge in [0.25, 0.3) is 0 Å². The minimum Gasteiger partial charge on any atom is -0.335 e. The van der Waals surface area contributed by atoms with E-state index in [4.69, 9.17) is 0 Å². The molecule has 0 radical (unpaired) electrons. The summed E-state index contributed by atoms with van der Waals surface area (Å²) in [5, 5.41) is 2.90. The molecular formula is C58H56N2. The van der Waals surface area contributed by atoms with Crippen LogP contribution in [0, 0.1) is 11.8 Å². The van der Waals surface area contributed by atoms with Crippen molar-refractivity contribution < 1.29 is 0 Å². The minimum absolute atomic E-state index is 0.283. The second-order valence-corrected chi connectivity index (χ2v) is 17.9. The average Bonchev–Trinajstić information content (AvgIpc) is 3.32. The lowest BCUT2D eigenvalue weighted by molar-refractivity contribution is 0.498. The van der Waals surface area contributed by atoms with Crippen molar-refractivity contribution in [1.82, 2.24) is 0 Å². The first-order valence-corrected chi connectivity index (χ1v) is 22.9. The molecule has 60 heavy (non-hydrogen) atoms. The fraction of sp³-hybridized carbons (Fsp3) is 0.276. The number of anilines is 2. The second-order valence-electron chi connectivity index (χ2n) is 17.9. The molecule has 0 amide bonds. The van der Waals surface area contributed by atoms with E-state index in [2.05, 4.69) is 180 Å². The molecule has 0 aromatic heterocycles. The standard InChI is InChI=1S/C58H56N2/c1-5-21-47(22-6-1)59(48-23-7-2-8-24-48)51-33-35-53-55(39-51)57(45-31-29-41-17-13-15-19-43(41)37-45)54-36-34-52(60(49-25-9-3-10-26-49)50-27-11-4-12-28-50)40-56(54)58(53)46-32-30-42-18-14-16-20-44(42)38-46/h1,3,5-7,9-11,13-25,27-28,34,36-37,39-41,43,46,49H,2,4,8,12,26,29-33,35,38H2/t41?,43?,46?,49-/m0/s1. The van der Waals surface area contributed by atoms with Gasteiger partial charge in [-0.2, -0.15) is 0 Å². The van der Waals surface area contributed by atoms with Gasteiger partial charge in [0, 0.05) is 34.4 Å². The summed E-state index contributed by atoms with van der Waals surface area (Å²) in [5.74, 6) is 1.48. The van der Waals surface area contributed by atoms with Crippen molar-refractivity contribution in [2.24, 2.45) is 11.8 Å². The number of allylic oxidation sites excluding steroid dienone is 15. The summed E-state index contributed by atoms with van der Waals surface area (Å²) >= 11 is 0. The molecule has 2 nitrogen and oxygen atoms in total. The first-order valence-electron chi connectivity index (χ1n) is 22.9. The summed E-state index contributed by atoms with van der Waals surface area (Å²) < 4.78 is 0. The van der Waals surface area contributed by atoms with Crippen molar-refractivity contribution in [3.63, 3.8) is 0 Å². The maximum atomic E-state index is 2.65. The summed E-state index contributed by atoms with van der Waals surface area (Å²) in [5.41, 5.74) is 17.3. The van der Waals surface area contributed by atoms with Crippen molar-refractivity contribution in [2.45, 2.75) is 89.0 Å². The predicted molar refractivity (Wildman–Crippen MR) is 255 cm³/mol. The van der Waals surface area contributed by atoms with Gasteiger partial charge in [0.15, 0.2) is 0 Å². The molecule has 2 heteroatoms. The van der Waals surface area contributed by atoms with Crippen LogP contribution in [-0.4, -0.2) is 6.04 Å². The summed E-state index contributed by atoms with van der Waals surface area (Å²) in [4.78, 5) is 5.21. The van der Waals surface area contributed by atoms with Gasteiger partial charge in [0.05, 0.1) is 6.04 Å². The molecule has 4 aromatic rings. The molecule has 0 saturated carbocycles. The lowest BCUT2D eigenvalue weighted by atomic mass is 9.70. The number of rotatable bonds is 8. The number of aryl methyl sites for hydroxylation is 1. The Morgan fingerprint density at radius 2 is 1.40 bits per heavy atom. The highest BCUT2D eigenvalue weighted by Gasteiger charge is 2.33. The maximum absolute atomic E-state index is 2.65. The maximum Gasteiger partial charge on any atom is 0.0559 e. The molecule has 7 aliphatic rings. The molecule has 0 fully saturated rings. The van der Waals surface area contributed by atoms with E-state index in [0.29, 0.717) is 17.8 Å². The van der Waals surface area contributed by atoms with Gasteiger partial charge in [-0.15, -0.1) is 0 Å². The lowest BCUT2D eigenvalue weighted by Gasteiger charge is -2.37. The third kappa shape index (κ3) is 6.94. The molecule has 7 aliphatic carbocycles. The predicted octanol–water partition coefficient (Wildman–Crippen LogP) is 14.6. The highest BCUT2D eigenvalue weighted by atomic mass is 15.2. The van der Waals surface area contributed by atoms with Crippen LogP contribution in [0.2, 0.25) is 0 Å². The Bertz CT molecular complexity index is 2630. The number of hydrogen-bond acceptors (Lipinski definition) is 2. The number of nitrogens with zero attached hydrogens (tertiary/aromatic N) is 2. The fourth-order valence-corrected chi connectivity index (χ4v) is 11.5. The van der Waals surface area contributed by atoms with Gasteiger partial charge in [0.2, 0.25) is 0 Å². The molecule has 3 unspecified atom stereocenters. The highest BCUT2D eigenvalue weighted by Crippen LogP contribution is 2.50. The Morgan fingerprint density at radius 1 is 0.600 bits per heavy atom. The van der Waals surface area contributed by atoms with Gasteiger partial charge < -0.3 is 9.80 Å². The summed E-state index contributed by atoms with van der Waals surface area (Å²) in [6.45, 7) is 0. The summed E-state index contributed by atoms with van der Waals surface area (Å²) in [6.07, 6.45) is 51.4. The molecule has 0 N–H and O–H groups in total. The van der Waals surface area contributed by atoms with Crippen LogP contribution in [0.15, 0.2) is 181 Å². The van der Waals surface area contributed by atoms with E-state index in [0.717, 1.165) is 64.2 Å². The van der Waals surface area contributed by atoms with E-state index in [-0.39, 0.29) is 6.04 Å². The highest BCUT2D eigenvalue weighted by molar-refractivity contribution is 6.03. The summed E-state index contributed by atoms with van der Waals surface area (Å²) in [7, 11) is 0. The Balaban J connectivity index is 1.17. The van der Waals surface area contributed by atoms with Gasteiger partial charge in [-0.05, 0) is 181 Å². The zero-order valence-electron chi connectivity index (χ0n) is 34.9. The quantitative estimate of drug-likeness (QED) is 0.176. The molecule has 298 valence electrons. The van der Waals surface area contributed by atoms with Crippen molar-refractivity contribution in [3.05, 3.63) is 214 Å². The lowest BCUT2D eigenvalue weighted by Crippen LogP contribution is -2.33. The van der Waals surface area contributed by atoms with Crippen molar-refractivity contribution in [2.75, 3.05) is 9.80 Å². The van der Waals surface area contributed by atoms with Crippen LogP contribution >= 0.6 is 0 Å². The second kappa shape index (κ2) is 16.3. The smallest absolute Gasteiger partial charge is 0.0559 e. The SMILES string of the molecule is C1=CC[C@@H](N(C2=CCCC=C2)c2ccc3c(C4=CC5C=CC=CC5CC4)c4c(c(C5CCc6ccccc6C5)c3c2)CCC(N(C2=CCCC=C2)c2ccccc2)=C4)C=C1. The topological polar surface area (TPSA) is 6.48 Å². The Hall–Kier alpha value is -5.86. The normalized spacial score (nSPS) is 23.9. The van der Waals surface area contributed by atoms with E-state index in [1.54, 1.807) is 11.1 Å². The molecule has 11 rings (SSSR count). The molecule has 4 atom stereocenters. The van der Waals surface area contributed by atoms with Crippen molar-refractivity contribution >= 4 is 33.8 Å². The largest absolute Gasteiger partial charge is 0.335 e. The van der Waals surface area contributed by atoms with Crippen LogP contribution in [0.1, 0.15) is 97.1 Å².